The lowest BCUT2D eigenvalue weighted by Crippen LogP contribution is -2.00. The number of thioether (sulfide) groups is 1. The molecule has 188 valence electrons. The Balaban J connectivity index is 1.59. The zero-order valence-corrected chi connectivity index (χ0v) is 22.3. The van der Waals surface area contributed by atoms with Gasteiger partial charge in [-0.05, 0) is 54.3 Å². The summed E-state index contributed by atoms with van der Waals surface area (Å²) in [5.41, 5.74) is 3.91. The molecule has 1 N–H and O–H groups in total. The van der Waals surface area contributed by atoms with Gasteiger partial charge in [0.05, 0.1) is 32.9 Å². The number of nitriles is 1. The number of nitrogens with zero attached hydrogens (tertiary/aromatic N) is 5. The Labute approximate surface area is 233 Å². The third kappa shape index (κ3) is 5.18. The van der Waals surface area contributed by atoms with E-state index in [1.165, 1.54) is 11.8 Å². The second kappa shape index (κ2) is 11.2. The summed E-state index contributed by atoms with van der Waals surface area (Å²) in [5, 5.41) is 21.7. The van der Waals surface area contributed by atoms with Crippen molar-refractivity contribution in [2.45, 2.75) is 11.8 Å². The molecule has 5 aromatic rings. The second-order valence-corrected chi connectivity index (χ2v) is 9.68. The molecule has 0 aliphatic carbocycles. The van der Waals surface area contributed by atoms with Gasteiger partial charge < -0.3 is 9.94 Å². The van der Waals surface area contributed by atoms with Crippen LogP contribution in [0.3, 0.4) is 0 Å². The first-order chi connectivity index (χ1) is 18.5. The van der Waals surface area contributed by atoms with Crippen LogP contribution in [0.5, 0.6) is 5.75 Å². The van der Waals surface area contributed by atoms with E-state index in [1.54, 1.807) is 42.6 Å². The first-order valence-electron chi connectivity index (χ1n) is 11.3. The fraction of sp³-hybridized carbons (Fsp3) is 0.0714. The van der Waals surface area contributed by atoms with Crippen molar-refractivity contribution in [1.29, 1.82) is 5.26 Å². The molecule has 0 amide bonds. The average molecular weight is 560 g/mol. The Morgan fingerprint density at radius 1 is 1.00 bits per heavy atom. The first kappa shape index (κ1) is 25.6. The summed E-state index contributed by atoms with van der Waals surface area (Å²) < 4.78 is 6.99. The van der Waals surface area contributed by atoms with Gasteiger partial charge in [0, 0.05) is 11.8 Å². The molecule has 2 aromatic heterocycles. The van der Waals surface area contributed by atoms with E-state index in [0.29, 0.717) is 61.3 Å². The Bertz CT molecular complexity index is 1650. The number of hydrogen-bond donors (Lipinski definition) is 1. The van der Waals surface area contributed by atoms with Crippen LogP contribution in [0.2, 0.25) is 10.0 Å². The molecule has 5 rings (SSSR count). The third-order valence-electron chi connectivity index (χ3n) is 5.70. The van der Waals surface area contributed by atoms with Crippen molar-refractivity contribution in [2.24, 2.45) is 0 Å². The smallest absolute Gasteiger partial charge is 0.187 e. The molecule has 0 fully saturated rings. The van der Waals surface area contributed by atoms with E-state index in [2.05, 4.69) is 16.0 Å². The molecular weight excluding hydrogens is 541 g/mol. The standard InChI is InChI=1S/C28H19Cl2N5O2S/c1-38-28-32-13-12-23(33-28)25-26(35(36)27(34-25)24-21(29)6-3-7-22(24)30)19-4-2-5-20(14-19)37-16-18-10-8-17(15-31)9-11-18/h2-14,36H,16H2,1H3. The van der Waals surface area contributed by atoms with Crippen molar-refractivity contribution in [3.05, 3.63) is 100 Å². The fourth-order valence-electron chi connectivity index (χ4n) is 3.87. The van der Waals surface area contributed by atoms with E-state index in [9.17, 15) is 5.21 Å². The number of hydrogen-bond acceptors (Lipinski definition) is 7. The molecule has 0 aliphatic heterocycles. The van der Waals surface area contributed by atoms with Gasteiger partial charge in [-0.1, -0.05) is 65.3 Å². The zero-order valence-electron chi connectivity index (χ0n) is 20.0. The van der Waals surface area contributed by atoms with E-state index in [4.69, 9.17) is 38.2 Å². The Morgan fingerprint density at radius 2 is 1.74 bits per heavy atom. The maximum atomic E-state index is 11.4. The zero-order chi connectivity index (χ0) is 26.6. The summed E-state index contributed by atoms with van der Waals surface area (Å²) in [6.45, 7) is 0.309. The highest BCUT2D eigenvalue weighted by atomic mass is 35.5. The molecule has 0 bridgehead atoms. The lowest BCUT2D eigenvalue weighted by molar-refractivity contribution is 0.195. The van der Waals surface area contributed by atoms with Gasteiger partial charge in [0.15, 0.2) is 11.0 Å². The van der Waals surface area contributed by atoms with Crippen LogP contribution in [0.15, 0.2) is 84.1 Å². The summed E-state index contributed by atoms with van der Waals surface area (Å²) in [6.07, 6.45) is 3.53. The van der Waals surface area contributed by atoms with Gasteiger partial charge in [0.2, 0.25) is 0 Å². The van der Waals surface area contributed by atoms with Crippen LogP contribution in [0.25, 0.3) is 34.0 Å². The minimum Gasteiger partial charge on any atom is -0.489 e. The van der Waals surface area contributed by atoms with Crippen molar-refractivity contribution < 1.29 is 9.94 Å². The highest BCUT2D eigenvalue weighted by Gasteiger charge is 2.25. The molecule has 38 heavy (non-hydrogen) atoms. The molecule has 0 aliphatic rings. The highest BCUT2D eigenvalue weighted by Crippen LogP contribution is 2.40. The van der Waals surface area contributed by atoms with Crippen LogP contribution in [-0.2, 0) is 6.61 Å². The molecule has 0 saturated heterocycles. The van der Waals surface area contributed by atoms with Crippen LogP contribution >= 0.6 is 35.0 Å². The lowest BCUT2D eigenvalue weighted by atomic mass is 10.1. The van der Waals surface area contributed by atoms with Crippen LogP contribution in [0.1, 0.15) is 11.1 Å². The summed E-state index contributed by atoms with van der Waals surface area (Å²) in [4.78, 5) is 13.6. The van der Waals surface area contributed by atoms with Crippen molar-refractivity contribution >= 4 is 35.0 Å². The maximum absolute atomic E-state index is 11.4. The molecule has 2 heterocycles. The highest BCUT2D eigenvalue weighted by molar-refractivity contribution is 7.98. The van der Waals surface area contributed by atoms with Gasteiger partial charge in [0.25, 0.3) is 0 Å². The van der Waals surface area contributed by atoms with Gasteiger partial charge in [-0.2, -0.15) is 9.99 Å². The van der Waals surface area contributed by atoms with Crippen molar-refractivity contribution in [3.63, 3.8) is 0 Å². The topological polar surface area (TPSA) is 96.9 Å². The molecule has 3 aromatic carbocycles. The summed E-state index contributed by atoms with van der Waals surface area (Å²) in [5.74, 6) is 0.766. The predicted octanol–water partition coefficient (Wildman–Crippen LogP) is 7.39. The molecule has 0 spiro atoms. The van der Waals surface area contributed by atoms with E-state index in [0.717, 1.165) is 10.3 Å². The molecule has 0 saturated carbocycles. The number of halogens is 2. The first-order valence-corrected chi connectivity index (χ1v) is 13.3. The molecular formula is C28H19Cl2N5O2S. The van der Waals surface area contributed by atoms with Crippen LogP contribution < -0.4 is 4.74 Å². The van der Waals surface area contributed by atoms with E-state index in [1.807, 2.05) is 42.7 Å². The fourth-order valence-corrected chi connectivity index (χ4v) is 4.79. The Morgan fingerprint density at radius 3 is 2.45 bits per heavy atom. The predicted molar refractivity (Wildman–Crippen MR) is 149 cm³/mol. The van der Waals surface area contributed by atoms with Crippen molar-refractivity contribution in [2.75, 3.05) is 6.26 Å². The third-order valence-corrected chi connectivity index (χ3v) is 6.89. The molecule has 10 heteroatoms. The monoisotopic (exact) mass is 559 g/mol. The Hall–Kier alpha value is -4.03. The van der Waals surface area contributed by atoms with Crippen LogP contribution in [0, 0.1) is 11.3 Å². The summed E-state index contributed by atoms with van der Waals surface area (Å²) in [7, 11) is 0. The minimum absolute atomic E-state index is 0.179. The SMILES string of the molecule is CSc1nccc(-c2nc(-c3c(Cl)cccc3Cl)n(O)c2-c2cccc(OCc3ccc(C#N)cc3)c2)n1. The summed E-state index contributed by atoms with van der Waals surface area (Å²) >= 11 is 14.3. The number of ether oxygens (including phenoxy) is 1. The van der Waals surface area contributed by atoms with Gasteiger partial charge in [-0.25, -0.2) is 15.0 Å². The maximum Gasteiger partial charge on any atom is 0.187 e. The van der Waals surface area contributed by atoms with Crippen molar-refractivity contribution in [3.8, 4) is 45.9 Å². The molecule has 0 unspecified atom stereocenters. The number of aromatic nitrogens is 4. The number of benzene rings is 3. The van der Waals surface area contributed by atoms with Gasteiger partial charge in [-0.3, -0.25) is 0 Å². The Kier molecular flexibility index (Phi) is 7.52. The molecule has 0 atom stereocenters. The second-order valence-electron chi connectivity index (χ2n) is 8.09. The van der Waals surface area contributed by atoms with E-state index >= 15 is 0 Å². The minimum atomic E-state index is 0.179. The van der Waals surface area contributed by atoms with Crippen LogP contribution in [-0.4, -0.2) is 31.1 Å². The van der Waals surface area contributed by atoms with Gasteiger partial charge >= 0.3 is 0 Å². The molecule has 0 radical (unpaired) electrons. The van der Waals surface area contributed by atoms with Gasteiger partial charge in [-0.15, -0.1) is 0 Å². The number of imidazole rings is 1. The van der Waals surface area contributed by atoms with Gasteiger partial charge in [0.1, 0.15) is 23.7 Å². The number of rotatable bonds is 7. The normalized spacial score (nSPS) is 10.8. The van der Waals surface area contributed by atoms with Crippen molar-refractivity contribution in [1.82, 2.24) is 19.7 Å². The largest absolute Gasteiger partial charge is 0.489 e. The van der Waals surface area contributed by atoms with Crippen LogP contribution in [0.4, 0.5) is 0 Å². The quantitative estimate of drug-likeness (QED) is 0.126. The molecule has 7 nitrogen and oxygen atoms in total. The average Bonchev–Trinajstić information content (AvgIpc) is 3.28. The lowest BCUT2D eigenvalue weighted by Gasteiger charge is -2.11. The van der Waals surface area contributed by atoms with E-state index < -0.39 is 0 Å². The van der Waals surface area contributed by atoms with E-state index in [-0.39, 0.29) is 5.82 Å². The summed E-state index contributed by atoms with van der Waals surface area (Å²) in [6, 6.07) is 23.4.